The lowest BCUT2D eigenvalue weighted by molar-refractivity contribution is -0.123. The Kier molecular flexibility index (Phi) is 4.70. The summed E-state index contributed by atoms with van der Waals surface area (Å²) >= 11 is 0. The molecule has 4 N–H and O–H groups in total. The molecule has 7 heteroatoms. The van der Waals surface area contributed by atoms with Crippen molar-refractivity contribution in [3.05, 3.63) is 65.9 Å². The van der Waals surface area contributed by atoms with Crippen molar-refractivity contribution < 1.29 is 19.1 Å². The van der Waals surface area contributed by atoms with Gasteiger partial charge in [-0.3, -0.25) is 9.59 Å². The highest BCUT2D eigenvalue weighted by Crippen LogP contribution is 2.16. The molecule has 3 rings (SSSR count). The third kappa shape index (κ3) is 3.72. The van der Waals surface area contributed by atoms with Gasteiger partial charge in [0.2, 0.25) is 5.91 Å². The third-order valence-corrected chi connectivity index (χ3v) is 3.84. The van der Waals surface area contributed by atoms with Gasteiger partial charge in [-0.05, 0) is 43.3 Å². The molecule has 0 aliphatic carbocycles. The van der Waals surface area contributed by atoms with E-state index in [0.29, 0.717) is 11.3 Å². The molecular formula is C19H17N3O4. The molecule has 0 saturated carbocycles. The molecule has 3 aromatic rings. The Morgan fingerprint density at radius 2 is 1.77 bits per heavy atom. The number of carbonyl (C=O) groups excluding carboxylic acids is 3. The number of H-pyrrole nitrogens is 1. The summed E-state index contributed by atoms with van der Waals surface area (Å²) in [7, 11) is 0. The molecule has 0 unspecified atom stereocenters. The van der Waals surface area contributed by atoms with Crippen molar-refractivity contribution in [3.8, 4) is 0 Å². The number of para-hydroxylation sites is 1. The van der Waals surface area contributed by atoms with Crippen LogP contribution in [-0.2, 0) is 9.53 Å². The monoisotopic (exact) mass is 351 g/mol. The van der Waals surface area contributed by atoms with E-state index in [1.54, 1.807) is 18.2 Å². The van der Waals surface area contributed by atoms with Crippen molar-refractivity contribution in [2.75, 3.05) is 5.32 Å². The van der Waals surface area contributed by atoms with Gasteiger partial charge in [-0.25, -0.2) is 4.79 Å². The van der Waals surface area contributed by atoms with Gasteiger partial charge in [-0.2, -0.15) is 0 Å². The van der Waals surface area contributed by atoms with Gasteiger partial charge in [0.05, 0.1) is 0 Å². The number of benzene rings is 2. The predicted molar refractivity (Wildman–Crippen MR) is 96.8 cm³/mol. The van der Waals surface area contributed by atoms with Crippen molar-refractivity contribution in [1.82, 2.24) is 4.98 Å². The number of amides is 2. The van der Waals surface area contributed by atoms with Crippen LogP contribution in [0.3, 0.4) is 0 Å². The fraction of sp³-hybridized carbons (Fsp3) is 0.105. The lowest BCUT2D eigenvalue weighted by Gasteiger charge is -2.13. The molecule has 0 radical (unpaired) electrons. The van der Waals surface area contributed by atoms with Crippen molar-refractivity contribution in [3.63, 3.8) is 0 Å². The molecule has 0 bridgehead atoms. The largest absolute Gasteiger partial charge is 0.448 e. The van der Waals surface area contributed by atoms with Gasteiger partial charge in [-0.1, -0.05) is 18.2 Å². The van der Waals surface area contributed by atoms with Crippen LogP contribution in [0.2, 0.25) is 0 Å². The summed E-state index contributed by atoms with van der Waals surface area (Å²) in [5.74, 6) is -1.65. The Labute approximate surface area is 149 Å². The molecule has 2 aromatic carbocycles. The van der Waals surface area contributed by atoms with Gasteiger partial charge in [-0.15, -0.1) is 0 Å². The minimum absolute atomic E-state index is 0.275. The van der Waals surface area contributed by atoms with Crippen LogP contribution in [-0.4, -0.2) is 28.9 Å². The first-order valence-corrected chi connectivity index (χ1v) is 7.93. The number of esters is 1. The second-order valence-corrected chi connectivity index (χ2v) is 5.75. The number of aromatic amines is 1. The number of hydrogen-bond donors (Lipinski definition) is 3. The highest BCUT2D eigenvalue weighted by atomic mass is 16.5. The van der Waals surface area contributed by atoms with E-state index in [1.807, 2.05) is 24.3 Å². The number of aromatic nitrogens is 1. The van der Waals surface area contributed by atoms with Gasteiger partial charge < -0.3 is 20.8 Å². The summed E-state index contributed by atoms with van der Waals surface area (Å²) in [6, 6.07) is 15.2. The summed E-state index contributed by atoms with van der Waals surface area (Å²) < 4.78 is 5.21. The lowest BCUT2D eigenvalue weighted by atomic mass is 10.2. The van der Waals surface area contributed by atoms with E-state index in [4.69, 9.17) is 10.5 Å². The molecule has 7 nitrogen and oxygen atoms in total. The molecular weight excluding hydrogens is 334 g/mol. The Balaban J connectivity index is 1.62. The number of carbonyl (C=O) groups is 3. The van der Waals surface area contributed by atoms with Gasteiger partial charge in [0.15, 0.2) is 6.10 Å². The SMILES string of the molecule is C[C@@H](OC(=O)c1cc2ccccc2[nH]1)C(=O)Nc1ccc(C(N)=O)cc1. The number of fused-ring (bicyclic) bond motifs is 1. The van der Waals surface area contributed by atoms with Gasteiger partial charge in [0.25, 0.3) is 5.91 Å². The van der Waals surface area contributed by atoms with Crippen LogP contribution in [0.25, 0.3) is 10.9 Å². The summed E-state index contributed by atoms with van der Waals surface area (Å²) in [6.07, 6.45) is -0.996. The number of nitrogens with one attached hydrogen (secondary N) is 2. The molecule has 0 saturated heterocycles. The molecule has 1 aromatic heterocycles. The number of nitrogens with two attached hydrogens (primary N) is 1. The first-order valence-electron chi connectivity index (χ1n) is 7.93. The summed E-state index contributed by atoms with van der Waals surface area (Å²) in [5, 5.41) is 3.49. The Morgan fingerprint density at radius 3 is 2.42 bits per heavy atom. The van der Waals surface area contributed by atoms with Crippen LogP contribution in [0.4, 0.5) is 5.69 Å². The van der Waals surface area contributed by atoms with Crippen molar-refractivity contribution >= 4 is 34.4 Å². The zero-order valence-corrected chi connectivity index (χ0v) is 14.0. The fourth-order valence-electron chi connectivity index (χ4n) is 2.42. The van der Waals surface area contributed by atoms with Gasteiger partial charge in [0.1, 0.15) is 5.69 Å². The van der Waals surface area contributed by atoms with E-state index in [2.05, 4.69) is 10.3 Å². The maximum atomic E-state index is 12.2. The Bertz CT molecular complexity index is 943. The van der Waals surface area contributed by atoms with Crippen molar-refractivity contribution in [2.24, 2.45) is 5.73 Å². The number of primary amides is 1. The molecule has 1 atom stereocenters. The normalized spacial score (nSPS) is 11.7. The molecule has 26 heavy (non-hydrogen) atoms. The molecule has 0 spiro atoms. The molecule has 0 aliphatic heterocycles. The van der Waals surface area contributed by atoms with Crippen LogP contribution < -0.4 is 11.1 Å². The molecule has 0 fully saturated rings. The van der Waals surface area contributed by atoms with Gasteiger partial charge >= 0.3 is 5.97 Å². The highest BCUT2D eigenvalue weighted by Gasteiger charge is 2.20. The van der Waals surface area contributed by atoms with E-state index in [-0.39, 0.29) is 5.69 Å². The highest BCUT2D eigenvalue weighted by molar-refractivity contribution is 5.99. The number of hydrogen-bond acceptors (Lipinski definition) is 4. The van der Waals surface area contributed by atoms with Crippen LogP contribution in [0, 0.1) is 0 Å². The summed E-state index contributed by atoms with van der Waals surface area (Å²) in [6.45, 7) is 1.48. The van der Waals surface area contributed by atoms with E-state index >= 15 is 0 Å². The molecule has 0 aliphatic rings. The first kappa shape index (κ1) is 17.2. The Hall–Kier alpha value is -3.61. The smallest absolute Gasteiger partial charge is 0.355 e. The average Bonchev–Trinajstić information content (AvgIpc) is 3.06. The van der Waals surface area contributed by atoms with E-state index in [0.717, 1.165) is 10.9 Å². The molecule has 132 valence electrons. The van der Waals surface area contributed by atoms with Crippen molar-refractivity contribution in [2.45, 2.75) is 13.0 Å². The molecule has 1 heterocycles. The summed E-state index contributed by atoms with van der Waals surface area (Å²) in [4.78, 5) is 38.4. The number of anilines is 1. The maximum absolute atomic E-state index is 12.2. The third-order valence-electron chi connectivity index (χ3n) is 3.84. The number of rotatable bonds is 5. The predicted octanol–water partition coefficient (Wildman–Crippen LogP) is 2.45. The maximum Gasteiger partial charge on any atom is 0.355 e. The van der Waals surface area contributed by atoms with Crippen LogP contribution >= 0.6 is 0 Å². The fourth-order valence-corrected chi connectivity index (χ4v) is 2.42. The standard InChI is InChI=1S/C19H17N3O4/c1-11(18(24)21-14-8-6-12(7-9-14)17(20)23)26-19(25)16-10-13-4-2-3-5-15(13)22-16/h2-11,22H,1H3,(H2,20,23)(H,21,24)/t11-/m1/s1. The minimum Gasteiger partial charge on any atom is -0.448 e. The summed E-state index contributed by atoms with van der Waals surface area (Å²) in [5.41, 5.74) is 7.05. The van der Waals surface area contributed by atoms with Crippen LogP contribution in [0.1, 0.15) is 27.8 Å². The average molecular weight is 351 g/mol. The second kappa shape index (κ2) is 7.10. The quantitative estimate of drug-likeness (QED) is 0.613. The van der Waals surface area contributed by atoms with Crippen LogP contribution in [0.5, 0.6) is 0 Å². The topological polar surface area (TPSA) is 114 Å². The van der Waals surface area contributed by atoms with Gasteiger partial charge in [0, 0.05) is 22.2 Å². The number of ether oxygens (including phenoxy) is 1. The zero-order valence-electron chi connectivity index (χ0n) is 14.0. The van der Waals surface area contributed by atoms with E-state index < -0.39 is 23.9 Å². The Morgan fingerprint density at radius 1 is 1.08 bits per heavy atom. The van der Waals surface area contributed by atoms with Crippen LogP contribution in [0.15, 0.2) is 54.6 Å². The van der Waals surface area contributed by atoms with Crippen molar-refractivity contribution in [1.29, 1.82) is 0 Å². The lowest BCUT2D eigenvalue weighted by Crippen LogP contribution is -2.30. The molecule has 2 amide bonds. The van der Waals surface area contributed by atoms with E-state index in [1.165, 1.54) is 19.1 Å². The first-order chi connectivity index (χ1) is 12.4. The second-order valence-electron chi connectivity index (χ2n) is 5.75. The zero-order chi connectivity index (χ0) is 18.7. The minimum atomic E-state index is -0.996. The van der Waals surface area contributed by atoms with E-state index in [9.17, 15) is 14.4 Å².